The predicted molar refractivity (Wildman–Crippen MR) is 133 cm³/mol. The summed E-state index contributed by atoms with van der Waals surface area (Å²) in [6.07, 6.45) is 5.22. The Bertz CT molecular complexity index is 1010. The van der Waals surface area contributed by atoms with E-state index in [2.05, 4.69) is 13.2 Å². The van der Waals surface area contributed by atoms with Crippen LogP contribution in [-0.4, -0.2) is 76.2 Å². The molecule has 0 aliphatic carbocycles. The van der Waals surface area contributed by atoms with Crippen molar-refractivity contribution < 1.29 is 29.0 Å². The fourth-order valence-corrected chi connectivity index (χ4v) is 6.24. The molecule has 8 nitrogen and oxygen atoms in total. The van der Waals surface area contributed by atoms with Crippen molar-refractivity contribution in [3.8, 4) is 0 Å². The SMILES string of the molecule is C=CCCOC(=O)[C@@H]1[C@H]2C(=O)N(CCCO)C(C(=O)N(CC=C)Cc3ccccc3)C23CC[C@@]1(C)O3. The molecule has 1 aromatic carbocycles. The van der Waals surface area contributed by atoms with E-state index in [1.807, 2.05) is 37.3 Å². The van der Waals surface area contributed by atoms with Crippen LogP contribution in [0.1, 0.15) is 38.2 Å². The summed E-state index contributed by atoms with van der Waals surface area (Å²) < 4.78 is 12.1. The largest absolute Gasteiger partial charge is 0.465 e. The van der Waals surface area contributed by atoms with Gasteiger partial charge in [0.1, 0.15) is 17.6 Å². The number of esters is 1. The van der Waals surface area contributed by atoms with Gasteiger partial charge in [0.05, 0.1) is 18.1 Å². The molecule has 3 saturated heterocycles. The molecule has 0 saturated carbocycles. The summed E-state index contributed by atoms with van der Waals surface area (Å²) in [6, 6.07) is 8.75. The lowest BCUT2D eigenvalue weighted by atomic mass is 9.66. The minimum Gasteiger partial charge on any atom is -0.465 e. The van der Waals surface area contributed by atoms with E-state index in [-0.39, 0.29) is 31.6 Å². The summed E-state index contributed by atoms with van der Waals surface area (Å²) in [5, 5.41) is 9.50. The number of aliphatic hydroxyl groups is 1. The molecule has 1 spiro atoms. The highest BCUT2D eigenvalue weighted by Crippen LogP contribution is 2.63. The van der Waals surface area contributed by atoms with Crippen LogP contribution in [0, 0.1) is 11.8 Å². The van der Waals surface area contributed by atoms with Gasteiger partial charge in [0.15, 0.2) is 0 Å². The van der Waals surface area contributed by atoms with Crippen molar-refractivity contribution in [1.82, 2.24) is 9.80 Å². The third-order valence-corrected chi connectivity index (χ3v) is 7.77. The zero-order chi connectivity index (χ0) is 25.9. The molecule has 4 rings (SSSR count). The molecule has 36 heavy (non-hydrogen) atoms. The van der Waals surface area contributed by atoms with Crippen LogP contribution in [0.4, 0.5) is 0 Å². The topological polar surface area (TPSA) is 96.4 Å². The standard InChI is InChI=1S/C28H36N2O6/c1-4-6-18-35-26(34)22-21-24(32)30(16-10-17-31)23(28(21)14-13-27(22,3)36-28)25(33)29(15-5-2)19-20-11-8-7-9-12-20/h4-5,7-9,11-12,21-23,31H,1-2,6,10,13-19H2,3H3/t21-,22-,23?,27+,28?/m0/s1. The molecular formula is C28H36N2O6. The van der Waals surface area contributed by atoms with E-state index in [4.69, 9.17) is 9.47 Å². The Morgan fingerprint density at radius 1 is 1.25 bits per heavy atom. The Hall–Kier alpha value is -2.97. The number of rotatable bonds is 12. The molecule has 8 heteroatoms. The van der Waals surface area contributed by atoms with Gasteiger partial charge in [-0.3, -0.25) is 14.4 Å². The van der Waals surface area contributed by atoms with Gasteiger partial charge < -0.3 is 24.4 Å². The van der Waals surface area contributed by atoms with Gasteiger partial charge in [0.25, 0.3) is 0 Å². The first-order chi connectivity index (χ1) is 17.3. The normalized spacial score (nSPS) is 30.2. The second-order valence-electron chi connectivity index (χ2n) is 10.1. The molecular weight excluding hydrogens is 460 g/mol. The van der Waals surface area contributed by atoms with Gasteiger partial charge in [-0.2, -0.15) is 0 Å². The lowest BCUT2D eigenvalue weighted by Gasteiger charge is -2.36. The number of benzene rings is 1. The van der Waals surface area contributed by atoms with Crippen molar-refractivity contribution in [3.63, 3.8) is 0 Å². The monoisotopic (exact) mass is 496 g/mol. The summed E-state index contributed by atoms with van der Waals surface area (Å²) in [5.74, 6) is -2.59. The Balaban J connectivity index is 1.70. The maximum atomic E-state index is 14.2. The van der Waals surface area contributed by atoms with Crippen LogP contribution in [-0.2, 0) is 30.4 Å². The number of carbonyl (C=O) groups excluding carboxylic acids is 3. The van der Waals surface area contributed by atoms with Crippen molar-refractivity contribution in [3.05, 3.63) is 61.2 Å². The van der Waals surface area contributed by atoms with E-state index in [1.54, 1.807) is 17.1 Å². The molecule has 3 heterocycles. The summed E-state index contributed by atoms with van der Waals surface area (Å²) in [7, 11) is 0. The Kier molecular flexibility index (Phi) is 7.66. The first-order valence-corrected chi connectivity index (χ1v) is 12.7. The Morgan fingerprint density at radius 3 is 2.67 bits per heavy atom. The quantitative estimate of drug-likeness (QED) is 0.271. The molecule has 3 aliphatic heterocycles. The molecule has 2 unspecified atom stereocenters. The highest BCUT2D eigenvalue weighted by atomic mass is 16.6. The van der Waals surface area contributed by atoms with Crippen molar-refractivity contribution in [1.29, 1.82) is 0 Å². The van der Waals surface area contributed by atoms with Crippen molar-refractivity contribution >= 4 is 17.8 Å². The predicted octanol–water partition coefficient (Wildman–Crippen LogP) is 2.47. The van der Waals surface area contributed by atoms with Gasteiger partial charge in [0, 0.05) is 26.2 Å². The van der Waals surface area contributed by atoms with Crippen LogP contribution in [0.15, 0.2) is 55.6 Å². The van der Waals surface area contributed by atoms with Crippen molar-refractivity contribution in [2.75, 3.05) is 26.3 Å². The molecule has 1 N–H and O–H groups in total. The number of fused-ring (bicyclic) bond motifs is 1. The zero-order valence-electron chi connectivity index (χ0n) is 20.9. The third-order valence-electron chi connectivity index (χ3n) is 7.77. The average Bonchev–Trinajstić information content (AvgIpc) is 3.43. The fraction of sp³-hybridized carbons (Fsp3) is 0.536. The molecule has 3 aliphatic rings. The smallest absolute Gasteiger partial charge is 0.312 e. The van der Waals surface area contributed by atoms with Gasteiger partial charge in [-0.1, -0.05) is 42.5 Å². The van der Waals surface area contributed by atoms with E-state index in [0.29, 0.717) is 38.8 Å². The number of carbonyl (C=O) groups is 3. The lowest BCUT2D eigenvalue weighted by molar-refractivity contribution is -0.160. The highest BCUT2D eigenvalue weighted by molar-refractivity contribution is 5.98. The number of aliphatic hydroxyl groups excluding tert-OH is 1. The van der Waals surface area contributed by atoms with E-state index in [1.165, 1.54) is 4.90 Å². The van der Waals surface area contributed by atoms with E-state index >= 15 is 0 Å². The van der Waals surface area contributed by atoms with Crippen LogP contribution < -0.4 is 0 Å². The Labute approximate surface area is 212 Å². The number of hydrogen-bond donors (Lipinski definition) is 1. The van der Waals surface area contributed by atoms with Crippen LogP contribution in [0.2, 0.25) is 0 Å². The second kappa shape index (κ2) is 10.6. The first kappa shape index (κ1) is 26.1. The lowest BCUT2D eigenvalue weighted by Crippen LogP contribution is -2.56. The molecule has 2 amide bonds. The van der Waals surface area contributed by atoms with E-state index in [0.717, 1.165) is 5.56 Å². The Morgan fingerprint density at radius 2 is 2.00 bits per heavy atom. The second-order valence-corrected chi connectivity index (χ2v) is 10.1. The van der Waals surface area contributed by atoms with Crippen LogP contribution in [0.5, 0.6) is 0 Å². The van der Waals surface area contributed by atoms with Crippen molar-refractivity contribution in [2.24, 2.45) is 11.8 Å². The number of amides is 2. The minimum atomic E-state index is -1.11. The van der Waals surface area contributed by atoms with E-state index in [9.17, 15) is 19.5 Å². The third kappa shape index (κ3) is 4.37. The number of hydrogen-bond acceptors (Lipinski definition) is 6. The summed E-state index contributed by atoms with van der Waals surface area (Å²) >= 11 is 0. The highest BCUT2D eigenvalue weighted by Gasteiger charge is 2.78. The average molecular weight is 497 g/mol. The minimum absolute atomic E-state index is 0.117. The van der Waals surface area contributed by atoms with Crippen LogP contribution in [0.25, 0.3) is 0 Å². The molecule has 0 aromatic heterocycles. The molecule has 194 valence electrons. The number of nitrogens with zero attached hydrogens (tertiary/aromatic N) is 2. The molecule has 1 aromatic rings. The first-order valence-electron chi connectivity index (χ1n) is 12.7. The van der Waals surface area contributed by atoms with Gasteiger partial charge in [-0.05, 0) is 38.2 Å². The molecule has 3 fully saturated rings. The molecule has 2 bridgehead atoms. The maximum Gasteiger partial charge on any atom is 0.312 e. The molecule has 5 atom stereocenters. The summed E-state index contributed by atoms with van der Waals surface area (Å²) in [6.45, 7) is 10.3. The van der Waals surface area contributed by atoms with Crippen LogP contribution in [0.3, 0.4) is 0 Å². The summed E-state index contributed by atoms with van der Waals surface area (Å²) in [5.41, 5.74) is -1.03. The fourth-order valence-electron chi connectivity index (χ4n) is 6.24. The zero-order valence-corrected chi connectivity index (χ0v) is 20.9. The van der Waals surface area contributed by atoms with Gasteiger partial charge in [-0.25, -0.2) is 0 Å². The van der Waals surface area contributed by atoms with E-state index < -0.39 is 35.0 Å². The number of likely N-dealkylation sites (tertiary alicyclic amines) is 1. The van der Waals surface area contributed by atoms with Gasteiger partial charge in [-0.15, -0.1) is 13.2 Å². The number of ether oxygens (including phenoxy) is 2. The molecule has 0 radical (unpaired) electrons. The van der Waals surface area contributed by atoms with Gasteiger partial charge in [0.2, 0.25) is 11.8 Å². The van der Waals surface area contributed by atoms with Crippen LogP contribution >= 0.6 is 0 Å². The van der Waals surface area contributed by atoms with Crippen molar-refractivity contribution in [2.45, 2.75) is 56.4 Å². The summed E-state index contributed by atoms with van der Waals surface area (Å²) in [4.78, 5) is 44.5. The maximum absolute atomic E-state index is 14.2. The van der Waals surface area contributed by atoms with Gasteiger partial charge >= 0.3 is 5.97 Å².